The van der Waals surface area contributed by atoms with Gasteiger partial charge in [0.1, 0.15) is 11.5 Å². The fourth-order valence-corrected chi connectivity index (χ4v) is 5.17. The first-order chi connectivity index (χ1) is 16.3. The van der Waals surface area contributed by atoms with Gasteiger partial charge in [0.15, 0.2) is 0 Å². The predicted molar refractivity (Wildman–Crippen MR) is 129 cm³/mol. The number of hydrogen-bond donors (Lipinski definition) is 2. The Hall–Kier alpha value is -3.68. The van der Waals surface area contributed by atoms with Gasteiger partial charge in [-0.05, 0) is 43.5 Å². The van der Waals surface area contributed by atoms with Gasteiger partial charge in [0.05, 0.1) is 28.3 Å². The average Bonchev–Trinajstić information content (AvgIpc) is 3.38. The third kappa shape index (κ3) is 3.54. The number of hydrogen-bond acceptors (Lipinski definition) is 4. The van der Waals surface area contributed by atoms with E-state index in [-0.39, 0.29) is 42.6 Å². The number of rotatable bonds is 6. The van der Waals surface area contributed by atoms with E-state index in [9.17, 15) is 14.4 Å². The summed E-state index contributed by atoms with van der Waals surface area (Å²) in [6.45, 7) is 6.21. The summed E-state index contributed by atoms with van der Waals surface area (Å²) in [4.78, 5) is 50.5. The van der Waals surface area contributed by atoms with Crippen molar-refractivity contribution in [1.29, 1.82) is 0 Å². The molecule has 3 aromatic rings. The maximum Gasteiger partial charge on any atom is 0.257 e. The van der Waals surface area contributed by atoms with Crippen LogP contribution in [0.25, 0.3) is 11.0 Å². The molecule has 0 bridgehead atoms. The summed E-state index contributed by atoms with van der Waals surface area (Å²) in [5, 5.41) is 3.10. The topological polar surface area (TPSA) is 98.4 Å². The van der Waals surface area contributed by atoms with Gasteiger partial charge < -0.3 is 15.2 Å². The van der Waals surface area contributed by atoms with Crippen LogP contribution in [0.1, 0.15) is 62.3 Å². The van der Waals surface area contributed by atoms with Gasteiger partial charge in [0.25, 0.3) is 5.91 Å². The van der Waals surface area contributed by atoms with Gasteiger partial charge in [-0.25, -0.2) is 4.98 Å². The second kappa shape index (κ2) is 8.27. The Morgan fingerprint density at radius 3 is 2.65 bits per heavy atom. The molecule has 176 valence electrons. The summed E-state index contributed by atoms with van der Waals surface area (Å²) in [5.41, 5.74) is 2.17. The first-order valence-electron chi connectivity index (χ1n) is 11.8. The Bertz CT molecular complexity index is 1250. The van der Waals surface area contributed by atoms with Crippen molar-refractivity contribution >= 4 is 34.4 Å². The number of fused-ring (bicyclic) bond motifs is 4. The molecule has 1 fully saturated rings. The zero-order valence-corrected chi connectivity index (χ0v) is 19.7. The molecule has 34 heavy (non-hydrogen) atoms. The molecule has 2 N–H and O–H groups in total. The highest BCUT2D eigenvalue weighted by Crippen LogP contribution is 2.44. The number of carbonyl (C=O) groups is 3. The lowest BCUT2D eigenvalue weighted by atomic mass is 9.98. The SMILES string of the molecule is CC(C)[C@H](NC(=O)CCN1C(=O)c2ccccc2N2C(=O)CCC12C)c1nc2ccccc2[nH]1. The molecule has 5 rings (SSSR count). The van der Waals surface area contributed by atoms with Crippen LogP contribution >= 0.6 is 0 Å². The molecule has 2 aliphatic heterocycles. The number of aromatic amines is 1. The molecule has 8 heteroatoms. The lowest BCUT2D eigenvalue weighted by Crippen LogP contribution is -2.62. The summed E-state index contributed by atoms with van der Waals surface area (Å²) >= 11 is 0. The number of H-pyrrole nitrogens is 1. The predicted octanol–water partition coefficient (Wildman–Crippen LogP) is 3.77. The highest BCUT2D eigenvalue weighted by Gasteiger charge is 2.52. The summed E-state index contributed by atoms with van der Waals surface area (Å²) in [6.07, 6.45) is 1.05. The summed E-state index contributed by atoms with van der Waals surface area (Å²) in [6, 6.07) is 14.7. The fraction of sp³-hybridized carbons (Fsp3) is 0.385. The van der Waals surface area contributed by atoms with E-state index >= 15 is 0 Å². The molecule has 2 aromatic carbocycles. The van der Waals surface area contributed by atoms with Crippen LogP contribution in [0.4, 0.5) is 5.69 Å². The highest BCUT2D eigenvalue weighted by molar-refractivity contribution is 6.10. The van der Waals surface area contributed by atoms with Crippen molar-refractivity contribution < 1.29 is 14.4 Å². The molecular weight excluding hydrogens is 430 g/mol. The van der Waals surface area contributed by atoms with Crippen molar-refractivity contribution in [3.8, 4) is 0 Å². The third-order valence-electron chi connectivity index (χ3n) is 6.99. The normalized spacial score (nSPS) is 20.6. The fourth-order valence-electron chi connectivity index (χ4n) is 5.17. The lowest BCUT2D eigenvalue weighted by Gasteiger charge is -2.48. The summed E-state index contributed by atoms with van der Waals surface area (Å²) < 4.78 is 0. The van der Waals surface area contributed by atoms with Crippen molar-refractivity contribution in [3.63, 3.8) is 0 Å². The van der Waals surface area contributed by atoms with E-state index < -0.39 is 5.66 Å². The number of amides is 3. The molecule has 0 saturated carbocycles. The number of nitrogens with zero attached hydrogens (tertiary/aromatic N) is 3. The van der Waals surface area contributed by atoms with Crippen LogP contribution in [0, 0.1) is 5.92 Å². The quantitative estimate of drug-likeness (QED) is 0.586. The second-order valence-corrected chi connectivity index (χ2v) is 9.60. The molecule has 3 amide bonds. The Morgan fingerprint density at radius 1 is 1.15 bits per heavy atom. The first kappa shape index (κ1) is 22.1. The van der Waals surface area contributed by atoms with E-state index in [1.807, 2.05) is 57.2 Å². The molecule has 2 aliphatic rings. The number of para-hydroxylation sites is 3. The van der Waals surface area contributed by atoms with Gasteiger partial charge in [0, 0.05) is 19.4 Å². The highest BCUT2D eigenvalue weighted by atomic mass is 16.2. The van der Waals surface area contributed by atoms with Gasteiger partial charge in [-0.3, -0.25) is 19.3 Å². The third-order valence-corrected chi connectivity index (χ3v) is 6.99. The van der Waals surface area contributed by atoms with Crippen molar-refractivity contribution in [1.82, 2.24) is 20.2 Å². The minimum Gasteiger partial charge on any atom is -0.346 e. The van der Waals surface area contributed by atoms with Gasteiger partial charge in [-0.15, -0.1) is 0 Å². The largest absolute Gasteiger partial charge is 0.346 e. The van der Waals surface area contributed by atoms with E-state index in [2.05, 4.69) is 15.3 Å². The summed E-state index contributed by atoms with van der Waals surface area (Å²) in [5.74, 6) is 0.530. The van der Waals surface area contributed by atoms with Gasteiger partial charge in [0.2, 0.25) is 11.8 Å². The van der Waals surface area contributed by atoms with Crippen LogP contribution in [0.15, 0.2) is 48.5 Å². The van der Waals surface area contributed by atoms with Gasteiger partial charge >= 0.3 is 0 Å². The molecule has 0 spiro atoms. The zero-order chi connectivity index (χ0) is 24.0. The van der Waals surface area contributed by atoms with E-state index in [0.29, 0.717) is 29.9 Å². The molecule has 1 unspecified atom stereocenters. The Morgan fingerprint density at radius 2 is 1.88 bits per heavy atom. The van der Waals surface area contributed by atoms with Crippen molar-refractivity contribution in [3.05, 3.63) is 59.9 Å². The van der Waals surface area contributed by atoms with Crippen LogP contribution < -0.4 is 10.2 Å². The molecule has 2 atom stereocenters. The van der Waals surface area contributed by atoms with Crippen molar-refractivity contribution in [2.24, 2.45) is 5.92 Å². The Labute approximate surface area is 198 Å². The minimum atomic E-state index is -0.765. The number of nitrogens with one attached hydrogen (secondary N) is 2. The first-order valence-corrected chi connectivity index (χ1v) is 11.8. The van der Waals surface area contributed by atoms with Crippen LogP contribution in [-0.4, -0.2) is 44.8 Å². The minimum absolute atomic E-state index is 0.00154. The number of aromatic nitrogens is 2. The van der Waals surface area contributed by atoms with Crippen LogP contribution in [-0.2, 0) is 9.59 Å². The monoisotopic (exact) mass is 459 g/mol. The van der Waals surface area contributed by atoms with E-state index in [1.165, 1.54) is 0 Å². The molecule has 1 saturated heterocycles. The number of carbonyl (C=O) groups excluding carboxylic acids is 3. The average molecular weight is 460 g/mol. The zero-order valence-electron chi connectivity index (χ0n) is 19.7. The van der Waals surface area contributed by atoms with Gasteiger partial charge in [-0.2, -0.15) is 0 Å². The van der Waals surface area contributed by atoms with E-state index in [1.54, 1.807) is 21.9 Å². The van der Waals surface area contributed by atoms with Crippen molar-refractivity contribution in [2.75, 3.05) is 11.4 Å². The van der Waals surface area contributed by atoms with E-state index in [4.69, 9.17) is 0 Å². The molecule has 0 radical (unpaired) electrons. The number of benzene rings is 2. The molecule has 3 heterocycles. The second-order valence-electron chi connectivity index (χ2n) is 9.60. The number of anilines is 1. The standard InChI is InChI=1S/C26H29N5O3/c1-16(2)23(24-27-18-9-5-6-10-19(18)28-24)29-21(32)13-15-30-25(34)17-8-4-7-11-20(17)31-22(33)12-14-26(30,31)3/h4-11,16,23H,12-15H2,1-3H3,(H,27,28)(H,29,32)/t23-,26?/m0/s1. The molecule has 1 aromatic heterocycles. The van der Waals surface area contributed by atoms with Crippen LogP contribution in [0.2, 0.25) is 0 Å². The molecule has 0 aliphatic carbocycles. The maximum atomic E-state index is 13.4. The maximum absolute atomic E-state index is 13.4. The Kier molecular flexibility index (Phi) is 5.38. The summed E-state index contributed by atoms with van der Waals surface area (Å²) in [7, 11) is 0. The van der Waals surface area contributed by atoms with Crippen LogP contribution in [0.5, 0.6) is 0 Å². The molecule has 8 nitrogen and oxygen atoms in total. The number of imidazole rings is 1. The van der Waals surface area contributed by atoms with Crippen LogP contribution in [0.3, 0.4) is 0 Å². The molecular formula is C26H29N5O3. The smallest absolute Gasteiger partial charge is 0.257 e. The lowest BCUT2D eigenvalue weighted by molar-refractivity contribution is -0.122. The Balaban J connectivity index is 1.34. The van der Waals surface area contributed by atoms with Gasteiger partial charge in [-0.1, -0.05) is 38.1 Å². The van der Waals surface area contributed by atoms with Crippen molar-refractivity contribution in [2.45, 2.75) is 51.7 Å². The van der Waals surface area contributed by atoms with E-state index in [0.717, 1.165) is 11.0 Å².